The first-order valence-corrected chi connectivity index (χ1v) is 7.52. The zero-order chi connectivity index (χ0) is 14.0. The minimum Gasteiger partial charge on any atom is -0.278 e. The third kappa shape index (κ3) is 3.18. The summed E-state index contributed by atoms with van der Waals surface area (Å²) in [4.78, 5) is 3.93. The summed E-state index contributed by atoms with van der Waals surface area (Å²) in [6.07, 6.45) is 2.98. The van der Waals surface area contributed by atoms with E-state index in [9.17, 15) is 8.42 Å². The van der Waals surface area contributed by atoms with Crippen molar-refractivity contribution >= 4 is 38.9 Å². The van der Waals surface area contributed by atoms with Crippen molar-refractivity contribution < 1.29 is 8.42 Å². The first kappa shape index (κ1) is 14.1. The van der Waals surface area contributed by atoms with E-state index >= 15 is 0 Å². The lowest BCUT2D eigenvalue weighted by atomic mass is 10.2. The van der Waals surface area contributed by atoms with Crippen molar-refractivity contribution in [3.05, 3.63) is 52.3 Å². The molecule has 19 heavy (non-hydrogen) atoms. The quantitative estimate of drug-likeness (QED) is 0.942. The van der Waals surface area contributed by atoms with Crippen LogP contribution in [0.2, 0.25) is 10.0 Å². The number of halogens is 2. The maximum Gasteiger partial charge on any atom is 0.262 e. The minimum atomic E-state index is -3.72. The first-order chi connectivity index (χ1) is 8.90. The van der Waals surface area contributed by atoms with Crippen LogP contribution in [0.4, 0.5) is 5.69 Å². The lowest BCUT2D eigenvalue weighted by molar-refractivity contribution is 0.600. The van der Waals surface area contributed by atoms with Crippen LogP contribution in [0.1, 0.15) is 5.56 Å². The average molecular weight is 317 g/mol. The molecule has 0 bridgehead atoms. The molecule has 0 aliphatic heterocycles. The van der Waals surface area contributed by atoms with Gasteiger partial charge in [0.1, 0.15) is 0 Å². The highest BCUT2D eigenvalue weighted by molar-refractivity contribution is 7.92. The van der Waals surface area contributed by atoms with Gasteiger partial charge in [0, 0.05) is 6.20 Å². The van der Waals surface area contributed by atoms with E-state index in [0.29, 0.717) is 16.3 Å². The summed E-state index contributed by atoms with van der Waals surface area (Å²) in [7, 11) is -3.72. The Morgan fingerprint density at radius 2 is 1.89 bits per heavy atom. The molecule has 0 unspecified atom stereocenters. The number of benzene rings is 1. The van der Waals surface area contributed by atoms with E-state index in [2.05, 4.69) is 9.71 Å². The number of nitrogens with one attached hydrogen (secondary N) is 1. The standard InChI is InChI=1S/C12H10Cl2N2O2S/c1-8-5-10(13)11(14)6-12(8)19(17,18)16-9-3-2-4-15-7-9/h2-7,16H,1H3. The van der Waals surface area contributed by atoms with Crippen molar-refractivity contribution in [2.24, 2.45) is 0 Å². The third-order valence-electron chi connectivity index (χ3n) is 2.42. The van der Waals surface area contributed by atoms with Crippen LogP contribution in [0, 0.1) is 6.92 Å². The molecule has 0 saturated heterocycles. The highest BCUT2D eigenvalue weighted by Gasteiger charge is 2.18. The molecule has 0 aliphatic rings. The number of aryl methyl sites for hydroxylation is 1. The summed E-state index contributed by atoms with van der Waals surface area (Å²) in [5.41, 5.74) is 0.902. The Bertz CT molecular complexity index is 703. The van der Waals surface area contributed by atoms with Gasteiger partial charge in [-0.1, -0.05) is 23.2 Å². The van der Waals surface area contributed by atoms with Gasteiger partial charge in [0.15, 0.2) is 0 Å². The van der Waals surface area contributed by atoms with E-state index in [1.807, 2.05) is 0 Å². The average Bonchev–Trinajstić information content (AvgIpc) is 2.34. The van der Waals surface area contributed by atoms with Crippen molar-refractivity contribution in [3.63, 3.8) is 0 Å². The van der Waals surface area contributed by atoms with Crippen LogP contribution in [-0.4, -0.2) is 13.4 Å². The van der Waals surface area contributed by atoms with Crippen molar-refractivity contribution in [1.29, 1.82) is 0 Å². The lowest BCUT2D eigenvalue weighted by Gasteiger charge is -2.11. The zero-order valence-electron chi connectivity index (χ0n) is 9.89. The summed E-state index contributed by atoms with van der Waals surface area (Å²) < 4.78 is 26.9. The normalized spacial score (nSPS) is 11.3. The van der Waals surface area contributed by atoms with Gasteiger partial charge in [0.25, 0.3) is 10.0 Å². The molecule has 0 atom stereocenters. The summed E-state index contributed by atoms with van der Waals surface area (Å²) in [6, 6.07) is 6.09. The number of hydrogen-bond donors (Lipinski definition) is 1. The van der Waals surface area contributed by atoms with Crippen molar-refractivity contribution in [3.8, 4) is 0 Å². The molecule has 0 fully saturated rings. The van der Waals surface area contributed by atoms with Crippen LogP contribution in [0.15, 0.2) is 41.6 Å². The second-order valence-electron chi connectivity index (χ2n) is 3.88. The highest BCUT2D eigenvalue weighted by Crippen LogP contribution is 2.29. The number of aromatic nitrogens is 1. The van der Waals surface area contributed by atoms with Crippen LogP contribution in [-0.2, 0) is 10.0 Å². The van der Waals surface area contributed by atoms with E-state index in [1.165, 1.54) is 18.3 Å². The van der Waals surface area contributed by atoms with Crippen LogP contribution in [0.25, 0.3) is 0 Å². The molecule has 1 N–H and O–H groups in total. The first-order valence-electron chi connectivity index (χ1n) is 5.28. The van der Waals surface area contributed by atoms with Crippen LogP contribution >= 0.6 is 23.2 Å². The van der Waals surface area contributed by atoms with Gasteiger partial charge in [-0.15, -0.1) is 0 Å². The second-order valence-corrected chi connectivity index (χ2v) is 6.34. The van der Waals surface area contributed by atoms with Gasteiger partial charge in [0.05, 0.1) is 26.8 Å². The SMILES string of the molecule is Cc1cc(Cl)c(Cl)cc1S(=O)(=O)Nc1cccnc1. The number of pyridine rings is 1. The fourth-order valence-corrected chi connectivity index (χ4v) is 3.29. The van der Waals surface area contributed by atoms with Gasteiger partial charge in [-0.25, -0.2) is 8.42 Å². The fourth-order valence-electron chi connectivity index (χ4n) is 1.55. The third-order valence-corrected chi connectivity index (χ3v) is 4.67. The van der Waals surface area contributed by atoms with Gasteiger partial charge in [-0.3, -0.25) is 9.71 Å². The molecule has 0 spiro atoms. The lowest BCUT2D eigenvalue weighted by Crippen LogP contribution is -2.14. The molecule has 1 aromatic heterocycles. The molecular weight excluding hydrogens is 307 g/mol. The Labute approximate surface area is 121 Å². The summed E-state index contributed by atoms with van der Waals surface area (Å²) >= 11 is 11.7. The van der Waals surface area contributed by atoms with Gasteiger partial charge in [0.2, 0.25) is 0 Å². The van der Waals surface area contributed by atoms with Crippen LogP contribution in [0.3, 0.4) is 0 Å². The van der Waals surface area contributed by atoms with E-state index in [0.717, 1.165) is 0 Å². The molecule has 1 aromatic carbocycles. The Balaban J connectivity index is 2.43. The van der Waals surface area contributed by atoms with Crippen molar-refractivity contribution in [2.45, 2.75) is 11.8 Å². The molecule has 0 aliphatic carbocycles. The van der Waals surface area contributed by atoms with Crippen molar-refractivity contribution in [1.82, 2.24) is 4.98 Å². The number of rotatable bonds is 3. The zero-order valence-corrected chi connectivity index (χ0v) is 12.2. The molecule has 2 aromatic rings. The summed E-state index contributed by atoms with van der Waals surface area (Å²) in [6.45, 7) is 1.65. The predicted octanol–water partition coefficient (Wildman–Crippen LogP) is 3.50. The molecule has 0 amide bonds. The summed E-state index contributed by atoms with van der Waals surface area (Å²) in [5, 5.41) is 0.512. The smallest absolute Gasteiger partial charge is 0.262 e. The second kappa shape index (κ2) is 5.36. The Morgan fingerprint density at radius 3 is 2.53 bits per heavy atom. The van der Waals surface area contributed by atoms with E-state index in [1.54, 1.807) is 25.3 Å². The number of anilines is 1. The van der Waals surface area contributed by atoms with Crippen LogP contribution < -0.4 is 4.72 Å². The number of nitrogens with zero attached hydrogens (tertiary/aromatic N) is 1. The van der Waals surface area contributed by atoms with Gasteiger partial charge >= 0.3 is 0 Å². The molecule has 1 heterocycles. The maximum absolute atomic E-state index is 12.2. The van der Waals surface area contributed by atoms with Gasteiger partial charge in [-0.05, 0) is 36.8 Å². The maximum atomic E-state index is 12.2. The molecule has 2 rings (SSSR count). The van der Waals surface area contributed by atoms with E-state index in [-0.39, 0.29) is 9.92 Å². The van der Waals surface area contributed by atoms with Gasteiger partial charge in [-0.2, -0.15) is 0 Å². The van der Waals surface area contributed by atoms with Crippen molar-refractivity contribution in [2.75, 3.05) is 4.72 Å². The van der Waals surface area contributed by atoms with E-state index in [4.69, 9.17) is 23.2 Å². The molecule has 0 saturated carbocycles. The molecule has 0 radical (unpaired) electrons. The topological polar surface area (TPSA) is 59.1 Å². The monoisotopic (exact) mass is 316 g/mol. The Kier molecular flexibility index (Phi) is 3.99. The largest absolute Gasteiger partial charge is 0.278 e. The van der Waals surface area contributed by atoms with Crippen LogP contribution in [0.5, 0.6) is 0 Å². The molecule has 7 heteroatoms. The minimum absolute atomic E-state index is 0.0887. The Morgan fingerprint density at radius 1 is 1.21 bits per heavy atom. The predicted molar refractivity (Wildman–Crippen MR) is 76.2 cm³/mol. The summed E-state index contributed by atoms with van der Waals surface area (Å²) in [5.74, 6) is 0. The number of hydrogen-bond acceptors (Lipinski definition) is 3. The van der Waals surface area contributed by atoms with Gasteiger partial charge < -0.3 is 0 Å². The highest BCUT2D eigenvalue weighted by atomic mass is 35.5. The number of sulfonamides is 1. The molecule has 100 valence electrons. The molecule has 4 nitrogen and oxygen atoms in total. The molecular formula is C12H10Cl2N2O2S. The van der Waals surface area contributed by atoms with E-state index < -0.39 is 10.0 Å². The fraction of sp³-hybridized carbons (Fsp3) is 0.0833. The Hall–Kier alpha value is -1.30.